The fraction of sp³-hybridized carbons (Fsp3) is 0.364. The van der Waals surface area contributed by atoms with E-state index >= 15 is 0 Å². The minimum Gasteiger partial charge on any atom is -0.425 e. The van der Waals surface area contributed by atoms with Crippen LogP contribution in [-0.4, -0.2) is 12.0 Å². The Morgan fingerprint density at radius 2 is 2.14 bits per heavy atom. The smallest absolute Gasteiger partial charge is 0.328 e. The van der Waals surface area contributed by atoms with Crippen molar-refractivity contribution in [1.82, 2.24) is 0 Å². The van der Waals surface area contributed by atoms with E-state index in [0.29, 0.717) is 5.75 Å². The summed E-state index contributed by atoms with van der Waals surface area (Å²) in [6.45, 7) is 3.62. The van der Waals surface area contributed by atoms with Gasteiger partial charge in [-0.1, -0.05) is 25.1 Å². The maximum absolute atomic E-state index is 11.2. The van der Waals surface area contributed by atoms with Gasteiger partial charge in [-0.15, -0.1) is 0 Å². The molecular formula is C11H15NO2. The lowest BCUT2D eigenvalue weighted by atomic mass is 10.1. The maximum Gasteiger partial charge on any atom is 0.328 e. The largest absolute Gasteiger partial charge is 0.425 e. The van der Waals surface area contributed by atoms with Crippen molar-refractivity contribution in [2.45, 2.75) is 26.3 Å². The van der Waals surface area contributed by atoms with E-state index in [-0.39, 0.29) is 0 Å². The molecule has 0 bridgehead atoms. The molecule has 3 heteroatoms. The van der Waals surface area contributed by atoms with Crippen LogP contribution in [0.15, 0.2) is 24.3 Å². The van der Waals surface area contributed by atoms with E-state index in [1.54, 1.807) is 13.0 Å². The monoisotopic (exact) mass is 193 g/mol. The quantitative estimate of drug-likeness (QED) is 0.584. The van der Waals surface area contributed by atoms with Crippen molar-refractivity contribution in [3.63, 3.8) is 0 Å². The van der Waals surface area contributed by atoms with Gasteiger partial charge in [0.05, 0.1) is 0 Å². The lowest BCUT2D eigenvalue weighted by molar-refractivity contribution is -0.135. The predicted molar refractivity (Wildman–Crippen MR) is 55.1 cm³/mol. The first-order valence-corrected chi connectivity index (χ1v) is 4.70. The molecule has 0 aromatic heterocycles. The third-order valence-electron chi connectivity index (χ3n) is 1.94. The van der Waals surface area contributed by atoms with Crippen molar-refractivity contribution in [3.05, 3.63) is 29.8 Å². The van der Waals surface area contributed by atoms with Crippen LogP contribution in [0.1, 0.15) is 19.4 Å². The van der Waals surface area contributed by atoms with Gasteiger partial charge in [-0.3, -0.25) is 0 Å². The molecule has 1 aromatic carbocycles. The molecular weight excluding hydrogens is 178 g/mol. The molecule has 0 aliphatic carbocycles. The first-order chi connectivity index (χ1) is 6.65. The number of rotatable bonds is 3. The van der Waals surface area contributed by atoms with E-state index in [4.69, 9.17) is 10.5 Å². The summed E-state index contributed by atoms with van der Waals surface area (Å²) in [4.78, 5) is 11.2. The topological polar surface area (TPSA) is 52.3 Å². The van der Waals surface area contributed by atoms with Gasteiger partial charge in [-0.2, -0.15) is 0 Å². The maximum atomic E-state index is 11.2. The Bertz CT molecular complexity index is 321. The minimum absolute atomic E-state index is 0.397. The summed E-state index contributed by atoms with van der Waals surface area (Å²) < 4.78 is 5.13. The Balaban J connectivity index is 2.80. The highest BCUT2D eigenvalue weighted by Crippen LogP contribution is 2.18. The van der Waals surface area contributed by atoms with Crippen LogP contribution in [-0.2, 0) is 11.2 Å². The molecule has 3 nitrogen and oxygen atoms in total. The number of para-hydroxylation sites is 1. The van der Waals surface area contributed by atoms with Crippen LogP contribution in [0, 0.1) is 0 Å². The second-order valence-electron chi connectivity index (χ2n) is 3.17. The average molecular weight is 193 g/mol. The van der Waals surface area contributed by atoms with Crippen molar-refractivity contribution >= 4 is 5.97 Å². The normalized spacial score (nSPS) is 12.2. The molecule has 14 heavy (non-hydrogen) atoms. The molecule has 0 heterocycles. The van der Waals surface area contributed by atoms with Crippen molar-refractivity contribution < 1.29 is 9.53 Å². The zero-order valence-corrected chi connectivity index (χ0v) is 8.49. The molecule has 0 saturated carbocycles. The first-order valence-electron chi connectivity index (χ1n) is 4.70. The Kier molecular flexibility index (Phi) is 3.65. The zero-order valence-electron chi connectivity index (χ0n) is 8.49. The molecule has 2 N–H and O–H groups in total. The summed E-state index contributed by atoms with van der Waals surface area (Å²) in [5.41, 5.74) is 6.42. The number of carbonyl (C=O) groups is 1. The predicted octanol–water partition coefficient (Wildman–Crippen LogP) is 1.50. The van der Waals surface area contributed by atoms with Crippen molar-refractivity contribution in [2.75, 3.05) is 0 Å². The highest BCUT2D eigenvalue weighted by molar-refractivity contribution is 5.77. The van der Waals surface area contributed by atoms with Crippen LogP contribution in [0.5, 0.6) is 5.75 Å². The van der Waals surface area contributed by atoms with E-state index in [1.165, 1.54) is 0 Å². The number of benzene rings is 1. The summed E-state index contributed by atoms with van der Waals surface area (Å²) in [6.07, 6.45) is 0.836. The van der Waals surface area contributed by atoms with Crippen LogP contribution in [0.2, 0.25) is 0 Å². The first kappa shape index (κ1) is 10.7. The van der Waals surface area contributed by atoms with Gasteiger partial charge in [0, 0.05) is 0 Å². The van der Waals surface area contributed by atoms with E-state index in [1.807, 2.05) is 25.1 Å². The van der Waals surface area contributed by atoms with Crippen LogP contribution in [0.3, 0.4) is 0 Å². The van der Waals surface area contributed by atoms with Crippen LogP contribution < -0.4 is 10.5 Å². The Hall–Kier alpha value is -1.35. The standard InChI is InChI=1S/C11H15NO2/c1-3-9-6-4-5-7-10(9)14-11(13)8(2)12/h4-8H,3,12H2,1-2H3. The number of carbonyl (C=O) groups excluding carboxylic acids is 1. The van der Waals surface area contributed by atoms with Gasteiger partial charge < -0.3 is 10.5 Å². The number of hydrogen-bond donors (Lipinski definition) is 1. The molecule has 76 valence electrons. The van der Waals surface area contributed by atoms with Gasteiger partial charge in [-0.05, 0) is 25.0 Å². The second-order valence-corrected chi connectivity index (χ2v) is 3.17. The summed E-state index contributed by atoms with van der Waals surface area (Å²) in [6, 6.07) is 6.88. The van der Waals surface area contributed by atoms with Gasteiger partial charge in [0.1, 0.15) is 11.8 Å². The SMILES string of the molecule is CCc1ccccc1OC(=O)C(C)N. The van der Waals surface area contributed by atoms with Gasteiger partial charge in [-0.25, -0.2) is 4.79 Å². The van der Waals surface area contributed by atoms with E-state index in [9.17, 15) is 4.79 Å². The molecule has 0 aliphatic heterocycles. The Morgan fingerprint density at radius 3 is 2.71 bits per heavy atom. The molecule has 1 rings (SSSR count). The molecule has 0 fully saturated rings. The van der Waals surface area contributed by atoms with Gasteiger partial charge in [0.15, 0.2) is 0 Å². The number of ether oxygens (including phenoxy) is 1. The van der Waals surface area contributed by atoms with E-state index in [0.717, 1.165) is 12.0 Å². The zero-order chi connectivity index (χ0) is 10.6. The number of hydrogen-bond acceptors (Lipinski definition) is 3. The summed E-state index contributed by atoms with van der Waals surface area (Å²) in [7, 11) is 0. The molecule has 0 amide bonds. The van der Waals surface area contributed by atoms with Gasteiger partial charge >= 0.3 is 5.97 Å². The van der Waals surface area contributed by atoms with Crippen molar-refractivity contribution in [3.8, 4) is 5.75 Å². The highest BCUT2D eigenvalue weighted by atomic mass is 16.5. The van der Waals surface area contributed by atoms with Gasteiger partial charge in [0.25, 0.3) is 0 Å². The second kappa shape index (κ2) is 4.77. The van der Waals surface area contributed by atoms with E-state index in [2.05, 4.69) is 0 Å². The Labute approximate surface area is 83.9 Å². The molecule has 1 aromatic rings. The molecule has 1 atom stereocenters. The number of aryl methyl sites for hydroxylation is 1. The highest BCUT2D eigenvalue weighted by Gasteiger charge is 2.11. The molecule has 0 saturated heterocycles. The van der Waals surface area contributed by atoms with Crippen LogP contribution in [0.25, 0.3) is 0 Å². The summed E-state index contributed by atoms with van der Waals surface area (Å²) >= 11 is 0. The third-order valence-corrected chi connectivity index (χ3v) is 1.94. The minimum atomic E-state index is -0.583. The third kappa shape index (κ3) is 2.57. The fourth-order valence-electron chi connectivity index (χ4n) is 1.10. The fourth-order valence-corrected chi connectivity index (χ4v) is 1.10. The summed E-state index contributed by atoms with van der Waals surface area (Å²) in [5, 5.41) is 0. The number of nitrogens with two attached hydrogens (primary N) is 1. The molecule has 0 spiro atoms. The van der Waals surface area contributed by atoms with E-state index < -0.39 is 12.0 Å². The lowest BCUT2D eigenvalue weighted by Gasteiger charge is -2.09. The van der Waals surface area contributed by atoms with Crippen molar-refractivity contribution in [1.29, 1.82) is 0 Å². The molecule has 1 unspecified atom stereocenters. The molecule has 0 radical (unpaired) electrons. The summed E-state index contributed by atoms with van der Waals surface area (Å²) in [5.74, 6) is 0.211. The van der Waals surface area contributed by atoms with Gasteiger partial charge in [0.2, 0.25) is 0 Å². The van der Waals surface area contributed by atoms with Crippen LogP contribution >= 0.6 is 0 Å². The molecule has 0 aliphatic rings. The lowest BCUT2D eigenvalue weighted by Crippen LogP contribution is -2.31. The van der Waals surface area contributed by atoms with Crippen LogP contribution in [0.4, 0.5) is 0 Å². The average Bonchev–Trinajstić information content (AvgIpc) is 2.18. The number of esters is 1. The Morgan fingerprint density at radius 1 is 1.50 bits per heavy atom. The van der Waals surface area contributed by atoms with Crippen molar-refractivity contribution in [2.24, 2.45) is 5.73 Å².